The smallest absolute Gasteiger partial charge is 0.258 e. The van der Waals surface area contributed by atoms with Crippen molar-refractivity contribution >= 4 is 5.91 Å². The van der Waals surface area contributed by atoms with Gasteiger partial charge >= 0.3 is 0 Å². The summed E-state index contributed by atoms with van der Waals surface area (Å²) < 4.78 is 5.62. The number of para-hydroxylation sites is 1. The van der Waals surface area contributed by atoms with Crippen LogP contribution in [-0.4, -0.2) is 30.5 Å². The van der Waals surface area contributed by atoms with Gasteiger partial charge in [0.25, 0.3) is 5.91 Å². The number of carbonyl (C=O) groups excluding carboxylic acids is 1. The second-order valence-electron chi connectivity index (χ2n) is 6.94. The summed E-state index contributed by atoms with van der Waals surface area (Å²) >= 11 is 0. The minimum Gasteiger partial charge on any atom is -0.484 e. The van der Waals surface area contributed by atoms with Gasteiger partial charge in [-0.25, -0.2) is 0 Å². The summed E-state index contributed by atoms with van der Waals surface area (Å²) in [6.07, 6.45) is 3.92. The highest BCUT2D eigenvalue weighted by Crippen LogP contribution is 2.17. The van der Waals surface area contributed by atoms with Crippen LogP contribution in [0.2, 0.25) is 0 Å². The lowest BCUT2D eigenvalue weighted by Gasteiger charge is -2.27. The quantitative estimate of drug-likeness (QED) is 0.826. The number of amides is 1. The van der Waals surface area contributed by atoms with E-state index in [4.69, 9.17) is 4.74 Å². The number of piperidine rings is 1. The molecule has 2 aromatic rings. The Balaban J connectivity index is 1.51. The van der Waals surface area contributed by atoms with Gasteiger partial charge in [-0.1, -0.05) is 48.9 Å². The van der Waals surface area contributed by atoms with E-state index in [1.165, 1.54) is 43.5 Å². The van der Waals surface area contributed by atoms with E-state index in [0.717, 1.165) is 17.9 Å². The van der Waals surface area contributed by atoms with Crippen molar-refractivity contribution in [1.29, 1.82) is 0 Å². The van der Waals surface area contributed by atoms with Crippen molar-refractivity contribution in [2.24, 2.45) is 0 Å². The SMILES string of the molecule is Cc1ccccc1OCC(=O)NCc1ccccc1CN1CCCCC1. The van der Waals surface area contributed by atoms with Gasteiger partial charge in [-0.3, -0.25) is 9.69 Å². The number of likely N-dealkylation sites (tertiary alicyclic amines) is 1. The van der Waals surface area contributed by atoms with Gasteiger partial charge in [0, 0.05) is 13.1 Å². The lowest BCUT2D eigenvalue weighted by Crippen LogP contribution is -2.31. The first-order chi connectivity index (χ1) is 12.7. The van der Waals surface area contributed by atoms with Gasteiger partial charge in [0.15, 0.2) is 6.61 Å². The molecule has 1 N–H and O–H groups in total. The molecule has 0 unspecified atom stereocenters. The fraction of sp³-hybridized carbons (Fsp3) is 0.409. The Bertz CT molecular complexity index is 724. The second-order valence-corrected chi connectivity index (χ2v) is 6.94. The maximum Gasteiger partial charge on any atom is 0.258 e. The Morgan fingerprint density at radius 1 is 1.00 bits per heavy atom. The van der Waals surface area contributed by atoms with Crippen molar-refractivity contribution in [3.05, 3.63) is 65.2 Å². The Hall–Kier alpha value is -2.33. The fourth-order valence-corrected chi connectivity index (χ4v) is 3.35. The molecular formula is C22H28N2O2. The van der Waals surface area contributed by atoms with E-state index < -0.39 is 0 Å². The number of aryl methyl sites for hydroxylation is 1. The predicted molar refractivity (Wildman–Crippen MR) is 104 cm³/mol. The molecule has 1 heterocycles. The summed E-state index contributed by atoms with van der Waals surface area (Å²) in [4.78, 5) is 14.7. The van der Waals surface area contributed by atoms with E-state index in [9.17, 15) is 4.79 Å². The van der Waals surface area contributed by atoms with Crippen molar-refractivity contribution in [2.45, 2.75) is 39.3 Å². The van der Waals surface area contributed by atoms with E-state index in [-0.39, 0.29) is 12.5 Å². The molecule has 1 amide bonds. The molecule has 0 spiro atoms. The van der Waals surface area contributed by atoms with E-state index in [2.05, 4.69) is 28.4 Å². The van der Waals surface area contributed by atoms with Gasteiger partial charge in [0.2, 0.25) is 0 Å². The summed E-state index contributed by atoms with van der Waals surface area (Å²) in [5, 5.41) is 2.98. The van der Waals surface area contributed by atoms with Crippen LogP contribution in [0, 0.1) is 6.92 Å². The molecule has 3 rings (SSSR count). The zero-order valence-corrected chi connectivity index (χ0v) is 15.5. The van der Waals surface area contributed by atoms with Crippen LogP contribution in [0.25, 0.3) is 0 Å². The van der Waals surface area contributed by atoms with Crippen LogP contribution < -0.4 is 10.1 Å². The standard InChI is InChI=1S/C22H28N2O2/c1-18-9-3-6-12-21(18)26-17-22(25)23-15-19-10-4-5-11-20(19)16-24-13-7-2-8-14-24/h3-6,9-12H,2,7-8,13-17H2,1H3,(H,23,25). The van der Waals surface area contributed by atoms with Gasteiger partial charge < -0.3 is 10.1 Å². The molecule has 0 radical (unpaired) electrons. The molecule has 1 saturated heterocycles. The first-order valence-corrected chi connectivity index (χ1v) is 9.46. The number of hydrogen-bond donors (Lipinski definition) is 1. The third kappa shape index (κ3) is 5.33. The predicted octanol–water partition coefficient (Wildman–Crippen LogP) is 3.68. The molecule has 0 aromatic heterocycles. The second kappa shape index (κ2) is 9.39. The Morgan fingerprint density at radius 2 is 1.69 bits per heavy atom. The summed E-state index contributed by atoms with van der Waals surface area (Å²) in [7, 11) is 0. The molecule has 0 saturated carbocycles. The van der Waals surface area contributed by atoms with E-state index in [1.54, 1.807) is 0 Å². The van der Waals surface area contributed by atoms with E-state index >= 15 is 0 Å². The number of nitrogens with one attached hydrogen (secondary N) is 1. The topological polar surface area (TPSA) is 41.6 Å². The lowest BCUT2D eigenvalue weighted by molar-refractivity contribution is -0.123. The minimum atomic E-state index is -0.0963. The highest BCUT2D eigenvalue weighted by Gasteiger charge is 2.13. The van der Waals surface area contributed by atoms with Gasteiger partial charge in [-0.15, -0.1) is 0 Å². The highest BCUT2D eigenvalue weighted by molar-refractivity contribution is 5.77. The van der Waals surface area contributed by atoms with Crippen LogP contribution >= 0.6 is 0 Å². The first kappa shape index (κ1) is 18.5. The maximum absolute atomic E-state index is 12.2. The normalized spacial score (nSPS) is 14.8. The monoisotopic (exact) mass is 352 g/mol. The Morgan fingerprint density at radius 3 is 2.46 bits per heavy atom. The lowest BCUT2D eigenvalue weighted by atomic mass is 10.0. The van der Waals surface area contributed by atoms with Crippen molar-refractivity contribution in [3.63, 3.8) is 0 Å². The average molecular weight is 352 g/mol. The van der Waals surface area contributed by atoms with Crippen molar-refractivity contribution in [3.8, 4) is 5.75 Å². The molecule has 4 heteroatoms. The Kier molecular flexibility index (Phi) is 6.67. The van der Waals surface area contributed by atoms with E-state index in [1.807, 2.05) is 37.3 Å². The summed E-state index contributed by atoms with van der Waals surface area (Å²) in [6.45, 7) is 5.87. The average Bonchev–Trinajstić information content (AvgIpc) is 2.67. The molecule has 0 atom stereocenters. The number of carbonyl (C=O) groups is 1. The van der Waals surface area contributed by atoms with Crippen LogP contribution in [0.15, 0.2) is 48.5 Å². The van der Waals surface area contributed by atoms with E-state index in [0.29, 0.717) is 6.54 Å². The molecular weight excluding hydrogens is 324 g/mol. The molecule has 1 aliphatic rings. The number of benzene rings is 2. The number of nitrogens with zero attached hydrogens (tertiary/aromatic N) is 1. The molecule has 26 heavy (non-hydrogen) atoms. The first-order valence-electron chi connectivity index (χ1n) is 9.46. The van der Waals surface area contributed by atoms with Crippen molar-refractivity contribution in [1.82, 2.24) is 10.2 Å². The fourth-order valence-electron chi connectivity index (χ4n) is 3.35. The van der Waals surface area contributed by atoms with Crippen molar-refractivity contribution < 1.29 is 9.53 Å². The zero-order valence-electron chi connectivity index (χ0n) is 15.5. The van der Waals surface area contributed by atoms with Crippen LogP contribution in [0.4, 0.5) is 0 Å². The van der Waals surface area contributed by atoms with Crippen LogP contribution in [0.3, 0.4) is 0 Å². The van der Waals surface area contributed by atoms with Gasteiger partial charge in [0.1, 0.15) is 5.75 Å². The van der Waals surface area contributed by atoms with Crippen molar-refractivity contribution in [2.75, 3.05) is 19.7 Å². The molecule has 4 nitrogen and oxygen atoms in total. The third-order valence-corrected chi connectivity index (χ3v) is 4.89. The largest absolute Gasteiger partial charge is 0.484 e. The molecule has 0 bridgehead atoms. The summed E-state index contributed by atoms with van der Waals surface area (Å²) in [5.74, 6) is 0.661. The van der Waals surface area contributed by atoms with Gasteiger partial charge in [-0.05, 0) is 55.6 Å². The molecule has 1 fully saturated rings. The molecule has 138 valence electrons. The molecule has 2 aromatic carbocycles. The van der Waals surface area contributed by atoms with Gasteiger partial charge in [0.05, 0.1) is 0 Å². The van der Waals surface area contributed by atoms with Gasteiger partial charge in [-0.2, -0.15) is 0 Å². The third-order valence-electron chi connectivity index (χ3n) is 4.89. The van der Waals surface area contributed by atoms with Crippen LogP contribution in [0.1, 0.15) is 36.0 Å². The molecule has 0 aliphatic carbocycles. The number of rotatable bonds is 7. The highest BCUT2D eigenvalue weighted by atomic mass is 16.5. The number of hydrogen-bond acceptors (Lipinski definition) is 3. The van der Waals surface area contributed by atoms with Crippen LogP contribution in [0.5, 0.6) is 5.75 Å². The minimum absolute atomic E-state index is 0.0408. The Labute approximate surface area is 156 Å². The van der Waals surface area contributed by atoms with Crippen LogP contribution in [-0.2, 0) is 17.9 Å². The maximum atomic E-state index is 12.2. The molecule has 1 aliphatic heterocycles. The number of ether oxygens (including phenoxy) is 1. The summed E-state index contributed by atoms with van der Waals surface area (Å²) in [6, 6.07) is 16.1. The summed E-state index contributed by atoms with van der Waals surface area (Å²) in [5.41, 5.74) is 3.52. The zero-order chi connectivity index (χ0) is 18.2.